The minimum Gasteiger partial charge on any atom is -0.341 e. The molecule has 0 unspecified atom stereocenters. The fourth-order valence-corrected chi connectivity index (χ4v) is 4.24. The molecule has 134 valence electrons. The fraction of sp³-hybridized carbons (Fsp3) is 0.824. The molecule has 3 aliphatic heterocycles. The lowest BCUT2D eigenvalue weighted by Gasteiger charge is -2.39. The Balaban J connectivity index is 1.59. The van der Waals surface area contributed by atoms with Gasteiger partial charge in [0.05, 0.1) is 0 Å². The maximum atomic E-state index is 12.6. The first-order chi connectivity index (χ1) is 11.5. The predicted octanol–water partition coefficient (Wildman–Crippen LogP) is 0.699. The van der Waals surface area contributed by atoms with Crippen LogP contribution in [0.15, 0.2) is 0 Å². The number of piperidine rings is 1. The highest BCUT2D eigenvalue weighted by molar-refractivity contribution is 6.08. The number of nitrogens with one attached hydrogen (secondary N) is 2. The molecule has 0 aromatic carbocycles. The zero-order chi connectivity index (χ0) is 17.4. The summed E-state index contributed by atoms with van der Waals surface area (Å²) in [5.74, 6) is -0.387. The highest BCUT2D eigenvalue weighted by Crippen LogP contribution is 2.37. The van der Waals surface area contributed by atoms with E-state index in [-0.39, 0.29) is 18.4 Å². The molecule has 0 saturated carbocycles. The predicted molar refractivity (Wildman–Crippen MR) is 89.3 cm³/mol. The number of nitrogens with zero attached hydrogens (tertiary/aromatic N) is 2. The van der Waals surface area contributed by atoms with Crippen LogP contribution in [0.25, 0.3) is 0 Å². The minimum absolute atomic E-state index is 0.123. The van der Waals surface area contributed by atoms with Crippen molar-refractivity contribution in [1.82, 2.24) is 20.4 Å². The molecule has 4 amide bonds. The molecule has 3 heterocycles. The van der Waals surface area contributed by atoms with E-state index in [1.165, 1.54) is 6.42 Å². The molecule has 3 saturated heterocycles. The normalized spacial score (nSPS) is 25.4. The van der Waals surface area contributed by atoms with E-state index in [9.17, 15) is 14.4 Å². The standard InChI is InChI=1S/C17H28N4O3/c1-3-17(4-2)14(23)21(15(24)19-17)11-13(22)20-9-6-16(7-10-20)5-8-18-12-16/h18H,3-12H2,1-2H3,(H,19,24). The molecule has 2 N–H and O–H groups in total. The number of rotatable bonds is 4. The Kier molecular flexibility index (Phi) is 4.55. The summed E-state index contributed by atoms with van der Waals surface area (Å²) in [6.45, 7) is 7.16. The second-order valence-corrected chi connectivity index (χ2v) is 7.42. The van der Waals surface area contributed by atoms with Crippen molar-refractivity contribution >= 4 is 17.8 Å². The summed E-state index contributed by atoms with van der Waals surface area (Å²) < 4.78 is 0. The van der Waals surface area contributed by atoms with Crippen LogP contribution in [0, 0.1) is 5.41 Å². The van der Waals surface area contributed by atoms with E-state index in [0.717, 1.165) is 43.9 Å². The molecule has 7 heteroatoms. The molecule has 0 atom stereocenters. The van der Waals surface area contributed by atoms with Gasteiger partial charge in [0.25, 0.3) is 5.91 Å². The third kappa shape index (κ3) is 2.79. The van der Waals surface area contributed by atoms with Gasteiger partial charge >= 0.3 is 6.03 Å². The van der Waals surface area contributed by atoms with Crippen LogP contribution in [0.5, 0.6) is 0 Å². The van der Waals surface area contributed by atoms with Crippen molar-refractivity contribution < 1.29 is 14.4 Å². The van der Waals surface area contributed by atoms with Crippen LogP contribution < -0.4 is 10.6 Å². The average molecular weight is 336 g/mol. The van der Waals surface area contributed by atoms with E-state index < -0.39 is 11.6 Å². The monoisotopic (exact) mass is 336 g/mol. The van der Waals surface area contributed by atoms with Crippen molar-refractivity contribution in [2.45, 2.75) is 51.5 Å². The van der Waals surface area contributed by atoms with E-state index >= 15 is 0 Å². The van der Waals surface area contributed by atoms with Crippen molar-refractivity contribution in [2.75, 3.05) is 32.7 Å². The van der Waals surface area contributed by atoms with Crippen LogP contribution in [0.1, 0.15) is 46.0 Å². The van der Waals surface area contributed by atoms with Crippen molar-refractivity contribution in [1.29, 1.82) is 0 Å². The zero-order valence-electron chi connectivity index (χ0n) is 14.7. The third-order valence-corrected chi connectivity index (χ3v) is 6.26. The second-order valence-electron chi connectivity index (χ2n) is 7.42. The number of likely N-dealkylation sites (tertiary alicyclic amines) is 1. The van der Waals surface area contributed by atoms with Crippen LogP contribution in [-0.4, -0.2) is 65.9 Å². The van der Waals surface area contributed by atoms with Gasteiger partial charge in [-0.25, -0.2) is 4.79 Å². The van der Waals surface area contributed by atoms with Crippen molar-refractivity contribution in [2.24, 2.45) is 5.41 Å². The SMILES string of the molecule is CCC1(CC)NC(=O)N(CC(=O)N2CCC3(CCNC3)CC2)C1=O. The van der Waals surface area contributed by atoms with Crippen molar-refractivity contribution in [3.63, 3.8) is 0 Å². The first-order valence-electron chi connectivity index (χ1n) is 9.08. The molecular formula is C17H28N4O3. The zero-order valence-corrected chi connectivity index (χ0v) is 14.7. The second kappa shape index (κ2) is 6.35. The first-order valence-corrected chi connectivity index (χ1v) is 9.08. The number of amides is 4. The Bertz CT molecular complexity index is 528. The van der Waals surface area contributed by atoms with Gasteiger partial charge in [-0.15, -0.1) is 0 Å². The number of imide groups is 1. The summed E-state index contributed by atoms with van der Waals surface area (Å²) in [5.41, 5.74) is -0.490. The lowest BCUT2D eigenvalue weighted by Crippen LogP contribution is -2.49. The molecule has 0 radical (unpaired) electrons. The lowest BCUT2D eigenvalue weighted by atomic mass is 9.78. The molecule has 0 bridgehead atoms. The van der Waals surface area contributed by atoms with Crippen molar-refractivity contribution in [3.05, 3.63) is 0 Å². The summed E-state index contributed by atoms with van der Waals surface area (Å²) in [5, 5.41) is 6.18. The maximum Gasteiger partial charge on any atom is 0.325 e. The minimum atomic E-state index is -0.834. The van der Waals surface area contributed by atoms with Crippen LogP contribution in [0.4, 0.5) is 4.79 Å². The first kappa shape index (κ1) is 17.2. The van der Waals surface area contributed by atoms with Gasteiger partial charge in [0.2, 0.25) is 5.91 Å². The molecule has 3 aliphatic rings. The van der Waals surface area contributed by atoms with Crippen LogP contribution in [-0.2, 0) is 9.59 Å². The Morgan fingerprint density at radius 2 is 1.79 bits per heavy atom. The van der Waals surface area contributed by atoms with Gasteiger partial charge in [-0.2, -0.15) is 0 Å². The molecule has 0 aliphatic carbocycles. The quantitative estimate of drug-likeness (QED) is 0.741. The third-order valence-electron chi connectivity index (χ3n) is 6.26. The molecule has 3 rings (SSSR count). The Hall–Kier alpha value is -1.63. The average Bonchev–Trinajstić information content (AvgIpc) is 3.13. The number of urea groups is 1. The molecule has 0 aromatic rings. The summed E-state index contributed by atoms with van der Waals surface area (Å²) in [4.78, 5) is 40.2. The van der Waals surface area contributed by atoms with Gasteiger partial charge in [-0.3, -0.25) is 14.5 Å². The topological polar surface area (TPSA) is 81.8 Å². The van der Waals surface area contributed by atoms with Crippen molar-refractivity contribution in [3.8, 4) is 0 Å². The molecule has 0 aromatic heterocycles. The molecule has 3 fully saturated rings. The van der Waals surface area contributed by atoms with Crippen LogP contribution in [0.2, 0.25) is 0 Å². The van der Waals surface area contributed by atoms with Gasteiger partial charge in [0.1, 0.15) is 12.1 Å². The molecular weight excluding hydrogens is 308 g/mol. The number of hydrogen-bond acceptors (Lipinski definition) is 4. The van der Waals surface area contributed by atoms with Gasteiger partial charge in [-0.1, -0.05) is 13.8 Å². The molecule has 1 spiro atoms. The van der Waals surface area contributed by atoms with E-state index in [4.69, 9.17) is 0 Å². The fourth-order valence-electron chi connectivity index (χ4n) is 4.24. The summed E-state index contributed by atoms with van der Waals surface area (Å²) >= 11 is 0. The van der Waals surface area contributed by atoms with Crippen LogP contribution in [0.3, 0.4) is 0 Å². The smallest absolute Gasteiger partial charge is 0.325 e. The Labute approximate surface area is 143 Å². The largest absolute Gasteiger partial charge is 0.341 e. The van der Waals surface area contributed by atoms with E-state index in [0.29, 0.717) is 18.3 Å². The highest BCUT2D eigenvalue weighted by Gasteiger charge is 2.49. The lowest BCUT2D eigenvalue weighted by molar-refractivity contribution is -0.140. The summed E-state index contributed by atoms with van der Waals surface area (Å²) in [6.07, 6.45) is 4.26. The number of carbonyl (C=O) groups is 3. The molecule has 7 nitrogen and oxygen atoms in total. The van der Waals surface area contributed by atoms with E-state index in [2.05, 4.69) is 10.6 Å². The van der Waals surface area contributed by atoms with Gasteiger partial charge in [0.15, 0.2) is 0 Å². The van der Waals surface area contributed by atoms with E-state index in [1.54, 1.807) is 0 Å². The Morgan fingerprint density at radius 3 is 2.29 bits per heavy atom. The highest BCUT2D eigenvalue weighted by atomic mass is 16.2. The summed E-state index contributed by atoms with van der Waals surface area (Å²) in [7, 11) is 0. The number of hydrogen-bond donors (Lipinski definition) is 2. The van der Waals surface area contributed by atoms with Gasteiger partial charge in [0, 0.05) is 19.6 Å². The van der Waals surface area contributed by atoms with E-state index in [1.807, 2.05) is 18.7 Å². The molecule has 24 heavy (non-hydrogen) atoms. The Morgan fingerprint density at radius 1 is 1.12 bits per heavy atom. The van der Waals surface area contributed by atoms with Gasteiger partial charge < -0.3 is 15.5 Å². The maximum absolute atomic E-state index is 12.6. The van der Waals surface area contributed by atoms with Gasteiger partial charge in [-0.05, 0) is 44.1 Å². The number of carbonyl (C=O) groups excluding carboxylic acids is 3. The summed E-state index contributed by atoms with van der Waals surface area (Å²) in [6, 6.07) is -0.439. The van der Waals surface area contributed by atoms with Crippen LogP contribution >= 0.6 is 0 Å².